The minimum atomic E-state index is -0.156. The highest BCUT2D eigenvalue weighted by Gasteiger charge is 2.27. The van der Waals surface area contributed by atoms with Crippen LogP contribution in [0.1, 0.15) is 18.4 Å². The van der Waals surface area contributed by atoms with Crippen molar-refractivity contribution in [2.45, 2.75) is 12.8 Å². The fourth-order valence-electron chi connectivity index (χ4n) is 2.81. The average molecular weight is 418 g/mol. The quantitative estimate of drug-likeness (QED) is 0.624. The summed E-state index contributed by atoms with van der Waals surface area (Å²) in [5, 5.41) is 14.0. The van der Waals surface area contributed by atoms with E-state index in [1.54, 1.807) is 41.0 Å². The highest BCUT2D eigenvalue weighted by Crippen LogP contribution is 2.25. The van der Waals surface area contributed by atoms with E-state index in [1.165, 1.54) is 5.01 Å². The van der Waals surface area contributed by atoms with Gasteiger partial charge in [-0.2, -0.15) is 10.1 Å². The topological polar surface area (TPSA) is 66.3 Å². The van der Waals surface area contributed by atoms with Crippen molar-refractivity contribution >= 4 is 53.0 Å². The maximum absolute atomic E-state index is 12.5. The summed E-state index contributed by atoms with van der Waals surface area (Å²) in [6.07, 6.45) is 0.866. The molecule has 3 aromatic rings. The molecule has 136 valence electrons. The summed E-state index contributed by atoms with van der Waals surface area (Å²) in [5.74, 6) is 0.149. The first-order valence-electron chi connectivity index (χ1n) is 8.12. The number of hydrogen-bond donors (Lipinski definition) is 1. The van der Waals surface area contributed by atoms with Crippen molar-refractivity contribution in [1.82, 2.24) is 14.8 Å². The Labute approximate surface area is 170 Å². The van der Waals surface area contributed by atoms with Gasteiger partial charge in [0.05, 0.1) is 11.4 Å². The number of aromatic nitrogens is 3. The molecule has 1 aliphatic rings. The molecule has 1 amide bonds. The molecule has 4 rings (SSSR count). The molecule has 0 bridgehead atoms. The van der Waals surface area contributed by atoms with Gasteiger partial charge >= 0.3 is 0 Å². The lowest BCUT2D eigenvalue weighted by molar-refractivity contribution is -0.118. The molecular weight excluding hydrogens is 405 g/mol. The third kappa shape index (κ3) is 3.53. The summed E-state index contributed by atoms with van der Waals surface area (Å²) in [4.78, 5) is 12.5. The number of benzene rings is 2. The predicted molar refractivity (Wildman–Crippen MR) is 108 cm³/mol. The summed E-state index contributed by atoms with van der Waals surface area (Å²) in [7, 11) is 0. The molecule has 0 radical (unpaired) electrons. The first kappa shape index (κ1) is 17.9. The number of hydrogen-bond acceptors (Lipinski definition) is 4. The molecule has 0 aliphatic carbocycles. The maximum atomic E-state index is 12.5. The van der Waals surface area contributed by atoms with Crippen LogP contribution in [-0.2, 0) is 4.79 Å². The molecule has 27 heavy (non-hydrogen) atoms. The second-order valence-electron chi connectivity index (χ2n) is 5.90. The second kappa shape index (κ2) is 7.26. The molecule has 1 N–H and O–H groups in total. The lowest BCUT2D eigenvalue weighted by Gasteiger charge is -2.23. The third-order valence-corrected chi connectivity index (χ3v) is 4.92. The fraction of sp³-hybridized carbons (Fsp3) is 0.111. The Kier molecular flexibility index (Phi) is 4.82. The number of rotatable bonds is 3. The molecule has 1 aliphatic heterocycles. The van der Waals surface area contributed by atoms with Crippen molar-refractivity contribution in [3.05, 3.63) is 68.9 Å². The van der Waals surface area contributed by atoms with Crippen molar-refractivity contribution in [3.63, 3.8) is 0 Å². The van der Waals surface area contributed by atoms with Gasteiger partial charge in [0.1, 0.15) is 0 Å². The molecule has 0 fully saturated rings. The first-order valence-corrected chi connectivity index (χ1v) is 9.29. The molecule has 0 spiro atoms. The first-order chi connectivity index (χ1) is 13.0. The molecule has 0 saturated carbocycles. The largest absolute Gasteiger partial charge is 0.272 e. The number of anilines is 1. The van der Waals surface area contributed by atoms with Crippen LogP contribution >= 0.6 is 35.4 Å². The Morgan fingerprint density at radius 1 is 0.963 bits per heavy atom. The van der Waals surface area contributed by atoms with Crippen LogP contribution in [0.5, 0.6) is 0 Å². The third-order valence-electron chi connectivity index (χ3n) is 4.14. The number of nitrogens with zero attached hydrogens (tertiary/aromatic N) is 4. The molecule has 0 saturated heterocycles. The predicted octanol–water partition coefficient (Wildman–Crippen LogP) is 4.77. The molecule has 0 atom stereocenters. The summed E-state index contributed by atoms with van der Waals surface area (Å²) in [6.45, 7) is 0. The Hall–Kier alpha value is -2.48. The monoisotopic (exact) mass is 417 g/mol. The van der Waals surface area contributed by atoms with Gasteiger partial charge in [0.25, 0.3) is 11.9 Å². The van der Waals surface area contributed by atoms with Crippen LogP contribution in [0, 0.1) is 4.77 Å². The smallest absolute Gasteiger partial charge is 0.258 e. The molecule has 2 aromatic carbocycles. The highest BCUT2D eigenvalue weighted by atomic mass is 35.5. The highest BCUT2D eigenvalue weighted by molar-refractivity contribution is 7.71. The van der Waals surface area contributed by atoms with E-state index >= 15 is 0 Å². The van der Waals surface area contributed by atoms with Crippen molar-refractivity contribution in [2.24, 2.45) is 5.10 Å². The summed E-state index contributed by atoms with van der Waals surface area (Å²) >= 11 is 17.3. The van der Waals surface area contributed by atoms with E-state index in [0.717, 1.165) is 17.0 Å². The standard InChI is InChI=1S/C18H13Cl2N5OS/c19-12-3-1-11(2-4-12)15-9-10-16(26)25(23-15)17-21-22-18(27)24(17)14-7-5-13(20)6-8-14/h1-8H,9-10H2,(H,22,27). The van der Waals surface area contributed by atoms with Gasteiger partial charge in [-0.3, -0.25) is 9.36 Å². The number of carbonyl (C=O) groups excluding carboxylic acids is 1. The van der Waals surface area contributed by atoms with Crippen LogP contribution in [0.15, 0.2) is 53.6 Å². The lowest BCUT2D eigenvalue weighted by Crippen LogP contribution is -2.33. The molecule has 9 heteroatoms. The Morgan fingerprint density at radius 3 is 2.26 bits per heavy atom. The van der Waals surface area contributed by atoms with Gasteiger partial charge in [-0.15, -0.1) is 5.10 Å². The van der Waals surface area contributed by atoms with Crippen LogP contribution in [0.2, 0.25) is 10.0 Å². The Morgan fingerprint density at radius 2 is 1.59 bits per heavy atom. The van der Waals surface area contributed by atoms with E-state index in [9.17, 15) is 4.79 Å². The minimum absolute atomic E-state index is 0.156. The van der Waals surface area contributed by atoms with E-state index < -0.39 is 0 Å². The van der Waals surface area contributed by atoms with Crippen molar-refractivity contribution in [1.29, 1.82) is 0 Å². The van der Waals surface area contributed by atoms with Crippen LogP contribution in [0.25, 0.3) is 5.69 Å². The zero-order valence-electron chi connectivity index (χ0n) is 13.9. The Balaban J connectivity index is 1.79. The van der Waals surface area contributed by atoms with Gasteiger partial charge in [-0.25, -0.2) is 5.10 Å². The molecule has 0 unspecified atom stereocenters. The summed E-state index contributed by atoms with van der Waals surface area (Å²) in [6, 6.07) is 14.4. The van der Waals surface area contributed by atoms with Gasteiger partial charge in [0.2, 0.25) is 4.77 Å². The number of nitrogens with one attached hydrogen (secondary N) is 1. The van der Waals surface area contributed by atoms with Crippen molar-refractivity contribution in [2.75, 3.05) is 5.01 Å². The van der Waals surface area contributed by atoms with Gasteiger partial charge < -0.3 is 0 Å². The molecule has 2 heterocycles. The Bertz CT molecular complexity index is 1090. The van der Waals surface area contributed by atoms with Gasteiger partial charge in [-0.05, 0) is 54.2 Å². The summed E-state index contributed by atoms with van der Waals surface area (Å²) in [5.41, 5.74) is 2.42. The second-order valence-corrected chi connectivity index (χ2v) is 7.16. The number of carbonyl (C=O) groups is 1. The maximum Gasteiger partial charge on any atom is 0.258 e. The number of hydrazone groups is 1. The van der Waals surface area contributed by atoms with E-state index in [0.29, 0.717) is 33.6 Å². The van der Waals surface area contributed by atoms with Crippen LogP contribution in [-0.4, -0.2) is 26.4 Å². The molecule has 1 aromatic heterocycles. The average Bonchev–Trinajstić information content (AvgIpc) is 3.05. The molecular formula is C18H13Cl2N5OS. The van der Waals surface area contributed by atoms with Crippen molar-refractivity contribution < 1.29 is 4.79 Å². The normalized spacial score (nSPS) is 14.4. The zero-order chi connectivity index (χ0) is 19.0. The van der Waals surface area contributed by atoms with Crippen LogP contribution < -0.4 is 5.01 Å². The van der Waals surface area contributed by atoms with E-state index in [2.05, 4.69) is 15.3 Å². The van der Waals surface area contributed by atoms with Crippen LogP contribution in [0.3, 0.4) is 0 Å². The molecule has 6 nitrogen and oxygen atoms in total. The van der Waals surface area contributed by atoms with E-state index in [4.69, 9.17) is 35.4 Å². The van der Waals surface area contributed by atoms with Crippen molar-refractivity contribution in [3.8, 4) is 5.69 Å². The zero-order valence-corrected chi connectivity index (χ0v) is 16.2. The van der Waals surface area contributed by atoms with Gasteiger partial charge in [0.15, 0.2) is 0 Å². The van der Waals surface area contributed by atoms with Crippen LogP contribution in [0.4, 0.5) is 5.95 Å². The van der Waals surface area contributed by atoms with E-state index in [1.807, 2.05) is 12.1 Å². The van der Waals surface area contributed by atoms with Gasteiger partial charge in [-0.1, -0.05) is 35.3 Å². The number of halogens is 2. The number of H-pyrrole nitrogens is 1. The lowest BCUT2D eigenvalue weighted by atomic mass is 10.0. The summed E-state index contributed by atoms with van der Waals surface area (Å²) < 4.78 is 2.01. The fourth-order valence-corrected chi connectivity index (χ4v) is 3.30. The SMILES string of the molecule is O=C1CCC(c2ccc(Cl)cc2)=NN1c1n[nH]c(=S)n1-c1ccc(Cl)cc1. The minimum Gasteiger partial charge on any atom is -0.272 e. The van der Waals surface area contributed by atoms with E-state index in [-0.39, 0.29) is 5.91 Å². The van der Waals surface area contributed by atoms with Gasteiger partial charge in [0, 0.05) is 22.9 Å². The number of aromatic amines is 1. The number of amides is 1.